The summed E-state index contributed by atoms with van der Waals surface area (Å²) in [5.41, 5.74) is 2.77. The Morgan fingerprint density at radius 1 is 1.12 bits per heavy atom. The Balaban J connectivity index is 1.59. The molecule has 0 aliphatic heterocycles. The van der Waals surface area contributed by atoms with Crippen LogP contribution in [0.3, 0.4) is 0 Å². The SMILES string of the molecule is C/C(=C/CC[C@@H](C)[C@H]1CC[C@@]2(C)[C@H]3CC[C@@H]4C(C)(C)C(=O)CC[C@]4(C)C3=CC[C@]12C)C(=O)O. The van der Waals surface area contributed by atoms with E-state index in [0.717, 1.165) is 32.1 Å². The number of fused-ring (bicyclic) bond motifs is 5. The number of carboxylic acid groups (broad SMARTS) is 1. The zero-order valence-electron chi connectivity index (χ0n) is 22.1. The van der Waals surface area contributed by atoms with Crippen LogP contribution in [0, 0.1) is 45.3 Å². The first-order valence-electron chi connectivity index (χ1n) is 13.4. The summed E-state index contributed by atoms with van der Waals surface area (Å²) in [6.07, 6.45) is 14.4. The van der Waals surface area contributed by atoms with Crippen LogP contribution in [-0.2, 0) is 9.59 Å². The van der Waals surface area contributed by atoms with Gasteiger partial charge < -0.3 is 5.11 Å². The van der Waals surface area contributed by atoms with Gasteiger partial charge >= 0.3 is 5.97 Å². The molecule has 0 aromatic rings. The van der Waals surface area contributed by atoms with Gasteiger partial charge in [0.1, 0.15) is 5.78 Å². The molecule has 3 heteroatoms. The van der Waals surface area contributed by atoms with Crippen LogP contribution in [0.5, 0.6) is 0 Å². The van der Waals surface area contributed by atoms with E-state index in [-0.39, 0.29) is 10.8 Å². The van der Waals surface area contributed by atoms with Gasteiger partial charge in [-0.2, -0.15) is 0 Å². The molecule has 3 saturated carbocycles. The molecule has 0 radical (unpaired) electrons. The van der Waals surface area contributed by atoms with Crippen molar-refractivity contribution in [3.63, 3.8) is 0 Å². The predicted octanol–water partition coefficient (Wildman–Crippen LogP) is 7.61. The summed E-state index contributed by atoms with van der Waals surface area (Å²) in [6, 6.07) is 0. The lowest BCUT2D eigenvalue weighted by Crippen LogP contribution is -2.56. The van der Waals surface area contributed by atoms with E-state index in [1.54, 1.807) is 12.5 Å². The van der Waals surface area contributed by atoms with E-state index in [0.29, 0.717) is 45.9 Å². The zero-order valence-corrected chi connectivity index (χ0v) is 22.1. The highest BCUT2D eigenvalue weighted by Crippen LogP contribution is 2.72. The van der Waals surface area contributed by atoms with Gasteiger partial charge in [-0.3, -0.25) is 4.79 Å². The van der Waals surface area contributed by atoms with Gasteiger partial charge in [0.05, 0.1) is 0 Å². The molecule has 4 aliphatic rings. The van der Waals surface area contributed by atoms with Gasteiger partial charge in [-0.1, -0.05) is 59.3 Å². The van der Waals surface area contributed by atoms with Crippen LogP contribution in [0.15, 0.2) is 23.3 Å². The zero-order chi connectivity index (χ0) is 24.4. The summed E-state index contributed by atoms with van der Waals surface area (Å²) in [6.45, 7) is 16.2. The third-order valence-electron chi connectivity index (χ3n) is 11.7. The van der Waals surface area contributed by atoms with Crippen molar-refractivity contribution in [3.8, 4) is 0 Å². The van der Waals surface area contributed by atoms with Crippen LogP contribution in [0.1, 0.15) is 106 Å². The number of allylic oxidation sites excluding steroid dienone is 3. The summed E-state index contributed by atoms with van der Waals surface area (Å²) >= 11 is 0. The number of carboxylic acids is 1. The van der Waals surface area contributed by atoms with Crippen LogP contribution in [0.4, 0.5) is 0 Å². The van der Waals surface area contributed by atoms with Gasteiger partial charge in [0.25, 0.3) is 0 Å². The maximum Gasteiger partial charge on any atom is 0.330 e. The number of Topliss-reactive ketones (excluding diaryl/α,β-unsaturated/α-hetero) is 1. The molecule has 4 rings (SSSR count). The fourth-order valence-corrected chi connectivity index (χ4v) is 9.33. The standard InChI is InChI=1S/C30H46O3/c1-19(9-8-10-20(2)26(32)33)21-13-17-30(7)23-11-12-24-27(3,4)25(31)15-16-28(24,5)22(23)14-18-29(21,30)6/h10,14,19,21,23-24H,8-9,11-13,15-18H2,1-7H3,(H,32,33)/b20-10-/t19-,21-,23+,24-,28-,29-,30+/m1/s1. The molecule has 0 aromatic carbocycles. The number of rotatable bonds is 5. The van der Waals surface area contributed by atoms with Crippen molar-refractivity contribution in [2.75, 3.05) is 0 Å². The predicted molar refractivity (Wildman–Crippen MR) is 134 cm³/mol. The number of hydrogen-bond acceptors (Lipinski definition) is 2. The van der Waals surface area contributed by atoms with Gasteiger partial charge in [-0.15, -0.1) is 0 Å². The fourth-order valence-electron chi connectivity index (χ4n) is 9.33. The van der Waals surface area contributed by atoms with Crippen molar-refractivity contribution < 1.29 is 14.7 Å². The van der Waals surface area contributed by atoms with Gasteiger partial charge in [0.15, 0.2) is 0 Å². The quantitative estimate of drug-likeness (QED) is 0.343. The smallest absolute Gasteiger partial charge is 0.330 e. The highest BCUT2D eigenvalue weighted by molar-refractivity contribution is 5.86. The molecular formula is C30H46O3. The van der Waals surface area contributed by atoms with Crippen molar-refractivity contribution in [2.24, 2.45) is 45.3 Å². The van der Waals surface area contributed by atoms with Crippen molar-refractivity contribution >= 4 is 11.8 Å². The van der Waals surface area contributed by atoms with E-state index in [4.69, 9.17) is 5.11 Å². The minimum Gasteiger partial charge on any atom is -0.478 e. The minimum atomic E-state index is -0.801. The molecule has 0 heterocycles. The molecule has 0 aromatic heterocycles. The first-order chi connectivity index (χ1) is 15.3. The molecular weight excluding hydrogens is 408 g/mol. The third-order valence-corrected chi connectivity index (χ3v) is 11.7. The van der Waals surface area contributed by atoms with Crippen LogP contribution < -0.4 is 0 Å². The number of carbonyl (C=O) groups excluding carboxylic acids is 1. The average molecular weight is 455 g/mol. The summed E-state index contributed by atoms with van der Waals surface area (Å²) in [7, 11) is 0. The average Bonchev–Trinajstić information content (AvgIpc) is 3.02. The molecule has 0 amide bonds. The molecule has 0 bridgehead atoms. The highest BCUT2D eigenvalue weighted by Gasteiger charge is 2.65. The van der Waals surface area contributed by atoms with Crippen molar-refractivity contribution in [1.29, 1.82) is 0 Å². The molecule has 184 valence electrons. The second-order valence-corrected chi connectivity index (χ2v) is 13.3. The molecule has 0 unspecified atom stereocenters. The summed E-state index contributed by atoms with van der Waals surface area (Å²) in [5.74, 6) is 2.08. The number of aliphatic carboxylic acids is 1. The number of hydrogen-bond donors (Lipinski definition) is 1. The Hall–Kier alpha value is -1.38. The lowest BCUT2D eigenvalue weighted by molar-refractivity contribution is -0.142. The number of ketones is 1. The Bertz CT molecular complexity index is 894. The highest BCUT2D eigenvalue weighted by atomic mass is 16.4. The largest absolute Gasteiger partial charge is 0.478 e. The molecule has 0 spiro atoms. The molecule has 3 nitrogen and oxygen atoms in total. The molecule has 3 fully saturated rings. The van der Waals surface area contributed by atoms with E-state index < -0.39 is 5.97 Å². The minimum absolute atomic E-state index is 0.174. The molecule has 33 heavy (non-hydrogen) atoms. The van der Waals surface area contributed by atoms with E-state index in [1.165, 1.54) is 25.7 Å². The maximum absolute atomic E-state index is 12.8. The fraction of sp³-hybridized carbons (Fsp3) is 0.800. The Labute approximate surface area is 201 Å². The first-order valence-corrected chi connectivity index (χ1v) is 13.4. The van der Waals surface area contributed by atoms with Crippen LogP contribution in [0.25, 0.3) is 0 Å². The Kier molecular flexibility index (Phi) is 6.07. The van der Waals surface area contributed by atoms with E-state index in [9.17, 15) is 9.59 Å². The van der Waals surface area contributed by atoms with Gasteiger partial charge in [0.2, 0.25) is 0 Å². The summed E-state index contributed by atoms with van der Waals surface area (Å²) in [4.78, 5) is 23.9. The van der Waals surface area contributed by atoms with Crippen LogP contribution >= 0.6 is 0 Å². The van der Waals surface area contributed by atoms with Crippen molar-refractivity contribution in [2.45, 2.75) is 106 Å². The molecule has 4 aliphatic carbocycles. The lowest BCUT2D eigenvalue weighted by Gasteiger charge is -2.63. The second kappa shape index (κ2) is 8.09. The van der Waals surface area contributed by atoms with Crippen molar-refractivity contribution in [1.82, 2.24) is 0 Å². The second-order valence-electron chi connectivity index (χ2n) is 13.3. The topological polar surface area (TPSA) is 54.4 Å². The first kappa shape index (κ1) is 24.7. The number of carbonyl (C=O) groups is 2. The van der Waals surface area contributed by atoms with E-state index in [2.05, 4.69) is 47.6 Å². The van der Waals surface area contributed by atoms with Crippen LogP contribution in [-0.4, -0.2) is 16.9 Å². The monoisotopic (exact) mass is 454 g/mol. The summed E-state index contributed by atoms with van der Waals surface area (Å²) in [5, 5.41) is 9.15. The maximum atomic E-state index is 12.8. The summed E-state index contributed by atoms with van der Waals surface area (Å²) < 4.78 is 0. The molecule has 7 atom stereocenters. The molecule has 0 saturated heterocycles. The van der Waals surface area contributed by atoms with E-state index in [1.807, 2.05) is 6.08 Å². The third kappa shape index (κ3) is 3.50. The Morgan fingerprint density at radius 3 is 2.48 bits per heavy atom. The normalized spacial score (nSPS) is 43.2. The van der Waals surface area contributed by atoms with Gasteiger partial charge in [-0.05, 0) is 98.2 Å². The van der Waals surface area contributed by atoms with Crippen LogP contribution in [0.2, 0.25) is 0 Å². The molecule has 1 N–H and O–H groups in total. The Morgan fingerprint density at radius 2 is 1.82 bits per heavy atom. The van der Waals surface area contributed by atoms with Gasteiger partial charge in [-0.25, -0.2) is 4.79 Å². The lowest BCUT2D eigenvalue weighted by atomic mass is 9.41. The van der Waals surface area contributed by atoms with E-state index >= 15 is 0 Å². The van der Waals surface area contributed by atoms with Gasteiger partial charge in [0, 0.05) is 17.4 Å². The van der Waals surface area contributed by atoms with Crippen molar-refractivity contribution in [3.05, 3.63) is 23.3 Å².